The van der Waals surface area contributed by atoms with Crippen LogP contribution in [0.1, 0.15) is 24.3 Å². The third-order valence-corrected chi connectivity index (χ3v) is 2.75. The molecule has 0 saturated carbocycles. The average molecular weight is 253 g/mol. The summed E-state index contributed by atoms with van der Waals surface area (Å²) in [5.41, 5.74) is 6.89. The van der Waals surface area contributed by atoms with Crippen LogP contribution in [-0.2, 0) is 6.54 Å². The van der Waals surface area contributed by atoms with Crippen LogP contribution in [0.15, 0.2) is 24.5 Å². The van der Waals surface area contributed by atoms with E-state index in [-0.39, 0.29) is 5.82 Å². The van der Waals surface area contributed by atoms with Crippen LogP contribution in [0.25, 0.3) is 0 Å². The number of anilines is 1. The summed E-state index contributed by atoms with van der Waals surface area (Å²) < 4.78 is 1.70. The molecule has 1 unspecified atom stereocenters. The van der Waals surface area contributed by atoms with Crippen LogP contribution in [0.2, 0.25) is 5.02 Å². The van der Waals surface area contributed by atoms with Crippen molar-refractivity contribution in [3.05, 3.63) is 40.8 Å². The Kier molecular flexibility index (Phi) is 3.31. The summed E-state index contributed by atoms with van der Waals surface area (Å²) in [6.07, 6.45) is 2.21. The first kappa shape index (κ1) is 11.9. The third-order valence-electron chi connectivity index (χ3n) is 2.54. The fraction of sp³-hybridized carbons (Fsp3) is 0.273. The Morgan fingerprint density at radius 2 is 2.35 bits per heavy atom. The molecule has 0 bridgehead atoms. The van der Waals surface area contributed by atoms with Gasteiger partial charge in [0.05, 0.1) is 10.7 Å². The van der Waals surface area contributed by atoms with Crippen molar-refractivity contribution >= 4 is 17.4 Å². The number of hydrogen-bond acceptors (Lipinski definition) is 4. The molecule has 0 aliphatic carbocycles. The van der Waals surface area contributed by atoms with Crippen molar-refractivity contribution in [2.75, 3.05) is 5.73 Å². The highest BCUT2D eigenvalue weighted by atomic mass is 35.5. The summed E-state index contributed by atoms with van der Waals surface area (Å²) in [7, 11) is 0. The Morgan fingerprint density at radius 1 is 1.59 bits per heavy atom. The number of hydrogen-bond donors (Lipinski definition) is 2. The molecular weight excluding hydrogens is 240 g/mol. The summed E-state index contributed by atoms with van der Waals surface area (Å²) in [5, 5.41) is 14.8. The maximum atomic E-state index is 10.3. The predicted molar refractivity (Wildman–Crippen MR) is 65.6 cm³/mol. The van der Waals surface area contributed by atoms with E-state index in [1.165, 1.54) is 6.20 Å². The van der Waals surface area contributed by atoms with Crippen molar-refractivity contribution in [1.82, 2.24) is 14.8 Å². The second-order valence-electron chi connectivity index (χ2n) is 3.60. The van der Waals surface area contributed by atoms with Crippen LogP contribution in [-0.4, -0.2) is 19.9 Å². The first-order chi connectivity index (χ1) is 8.13. The largest absolute Gasteiger partial charge is 0.383 e. The Balaban J connectivity index is 2.43. The Morgan fingerprint density at radius 3 is 3.06 bits per heavy atom. The minimum absolute atomic E-state index is 0.269. The quantitative estimate of drug-likeness (QED) is 0.870. The molecule has 6 heteroatoms. The topological polar surface area (TPSA) is 77.0 Å². The van der Waals surface area contributed by atoms with Gasteiger partial charge >= 0.3 is 0 Å². The summed E-state index contributed by atoms with van der Waals surface area (Å²) in [6, 6.07) is 3.36. The molecule has 0 amide bonds. The smallest absolute Gasteiger partial charge is 0.129 e. The van der Waals surface area contributed by atoms with Crippen LogP contribution >= 0.6 is 11.6 Å². The molecule has 90 valence electrons. The number of nitrogen functional groups attached to an aromatic ring is 1. The molecule has 0 fully saturated rings. The maximum Gasteiger partial charge on any atom is 0.129 e. The van der Waals surface area contributed by atoms with Crippen molar-refractivity contribution in [2.45, 2.75) is 19.6 Å². The lowest BCUT2D eigenvalue weighted by atomic mass is 10.1. The van der Waals surface area contributed by atoms with Crippen LogP contribution in [0.3, 0.4) is 0 Å². The van der Waals surface area contributed by atoms with E-state index in [9.17, 15) is 5.11 Å². The van der Waals surface area contributed by atoms with Gasteiger partial charge in [-0.3, -0.25) is 4.68 Å². The van der Waals surface area contributed by atoms with Gasteiger partial charge in [-0.25, -0.2) is 4.98 Å². The number of rotatable bonds is 3. The summed E-state index contributed by atoms with van der Waals surface area (Å²) in [5.74, 6) is 0.269. The molecule has 0 aliphatic heterocycles. The van der Waals surface area contributed by atoms with Gasteiger partial charge in [0, 0.05) is 24.5 Å². The first-order valence-corrected chi connectivity index (χ1v) is 5.62. The number of nitrogens with two attached hydrogens (primary N) is 1. The second-order valence-corrected chi connectivity index (χ2v) is 4.04. The van der Waals surface area contributed by atoms with Gasteiger partial charge in [-0.1, -0.05) is 11.6 Å². The molecule has 0 radical (unpaired) electrons. The number of aromatic nitrogens is 3. The van der Waals surface area contributed by atoms with E-state index >= 15 is 0 Å². The second kappa shape index (κ2) is 4.73. The lowest BCUT2D eigenvalue weighted by Gasteiger charge is -2.14. The zero-order valence-electron chi connectivity index (χ0n) is 9.34. The molecule has 3 N–H and O–H groups in total. The highest BCUT2D eigenvalue weighted by Crippen LogP contribution is 2.27. The van der Waals surface area contributed by atoms with Crippen LogP contribution in [0.4, 0.5) is 5.82 Å². The van der Waals surface area contributed by atoms with E-state index in [0.29, 0.717) is 22.8 Å². The molecule has 2 rings (SSSR count). The van der Waals surface area contributed by atoms with Gasteiger partial charge in [0.2, 0.25) is 0 Å². The van der Waals surface area contributed by atoms with E-state index in [0.717, 1.165) is 0 Å². The molecule has 2 heterocycles. The Labute approximate surface area is 104 Å². The molecule has 0 aliphatic rings. The van der Waals surface area contributed by atoms with Crippen molar-refractivity contribution < 1.29 is 5.11 Å². The number of aryl methyl sites for hydroxylation is 1. The highest BCUT2D eigenvalue weighted by Gasteiger charge is 2.18. The van der Waals surface area contributed by atoms with Crippen molar-refractivity contribution in [1.29, 1.82) is 0 Å². The first-order valence-electron chi connectivity index (χ1n) is 5.24. The Hall–Kier alpha value is -1.59. The number of aliphatic hydroxyl groups is 1. The fourth-order valence-electron chi connectivity index (χ4n) is 1.68. The van der Waals surface area contributed by atoms with Crippen LogP contribution in [0.5, 0.6) is 0 Å². The predicted octanol–water partition coefficient (Wildman–Crippen LogP) is 1.62. The van der Waals surface area contributed by atoms with E-state index in [1.54, 1.807) is 23.0 Å². The van der Waals surface area contributed by atoms with Crippen molar-refractivity contribution in [3.8, 4) is 0 Å². The molecule has 5 nitrogen and oxygen atoms in total. The normalized spacial score (nSPS) is 12.6. The van der Waals surface area contributed by atoms with E-state index < -0.39 is 6.10 Å². The standard InChI is InChI=1S/C11H13ClN4O/c1-2-16-9(3-4-15-16)10(17)8-5-7(12)6-14-11(8)13/h3-6,10,17H,2H2,1H3,(H2,13,14). The minimum Gasteiger partial charge on any atom is -0.383 e. The highest BCUT2D eigenvalue weighted by molar-refractivity contribution is 6.30. The van der Waals surface area contributed by atoms with Gasteiger partial charge < -0.3 is 10.8 Å². The van der Waals surface area contributed by atoms with Gasteiger partial charge in [-0.05, 0) is 19.1 Å². The number of nitrogens with zero attached hydrogens (tertiary/aromatic N) is 3. The summed E-state index contributed by atoms with van der Waals surface area (Å²) in [6.45, 7) is 2.62. The van der Waals surface area contributed by atoms with Crippen molar-refractivity contribution in [3.63, 3.8) is 0 Å². The molecule has 17 heavy (non-hydrogen) atoms. The fourth-order valence-corrected chi connectivity index (χ4v) is 1.85. The molecule has 1 atom stereocenters. The van der Waals surface area contributed by atoms with Crippen LogP contribution in [0, 0.1) is 0 Å². The summed E-state index contributed by atoms with van der Waals surface area (Å²) in [4.78, 5) is 3.92. The van der Waals surface area contributed by atoms with Gasteiger partial charge in [0.1, 0.15) is 11.9 Å². The molecule has 0 spiro atoms. The number of aliphatic hydroxyl groups excluding tert-OH is 1. The minimum atomic E-state index is -0.872. The van der Waals surface area contributed by atoms with Gasteiger partial charge in [-0.15, -0.1) is 0 Å². The molecule has 0 aromatic carbocycles. The SMILES string of the molecule is CCn1nccc1C(O)c1cc(Cl)cnc1N. The number of pyridine rings is 1. The lowest BCUT2D eigenvalue weighted by Crippen LogP contribution is -2.11. The number of halogens is 1. The lowest BCUT2D eigenvalue weighted by molar-refractivity contribution is 0.208. The zero-order valence-corrected chi connectivity index (χ0v) is 10.1. The van der Waals surface area contributed by atoms with Crippen LogP contribution < -0.4 is 5.73 Å². The van der Waals surface area contributed by atoms with Gasteiger partial charge in [0.15, 0.2) is 0 Å². The van der Waals surface area contributed by atoms with E-state index in [1.807, 2.05) is 6.92 Å². The Bertz CT molecular complexity index is 526. The average Bonchev–Trinajstić information content (AvgIpc) is 2.79. The monoisotopic (exact) mass is 252 g/mol. The third kappa shape index (κ3) is 2.25. The molecule has 2 aromatic heterocycles. The zero-order chi connectivity index (χ0) is 12.4. The molecule has 0 saturated heterocycles. The molecule has 2 aromatic rings. The van der Waals surface area contributed by atoms with E-state index in [2.05, 4.69) is 10.1 Å². The maximum absolute atomic E-state index is 10.3. The summed E-state index contributed by atoms with van der Waals surface area (Å²) >= 11 is 5.84. The van der Waals surface area contributed by atoms with Gasteiger partial charge in [-0.2, -0.15) is 5.10 Å². The van der Waals surface area contributed by atoms with E-state index in [4.69, 9.17) is 17.3 Å². The van der Waals surface area contributed by atoms with Crippen molar-refractivity contribution in [2.24, 2.45) is 0 Å². The molecular formula is C11H13ClN4O. The van der Waals surface area contributed by atoms with Gasteiger partial charge in [0.25, 0.3) is 0 Å².